The first kappa shape index (κ1) is 35.2. The third kappa shape index (κ3) is 5.78. The molecule has 0 N–H and O–H groups in total. The Morgan fingerprint density at radius 1 is 0.295 bits per heavy atom. The SMILES string of the molecule is c1ccc(-c2c(-c3ccc(-c4ccc5ccc6cccnc6c5n4)c4ccccc34)sc(-c3c4ccccc4c(-c4ccccc4)c4ccccc34)c2-c2ccccc2)cc1. The first-order chi connectivity index (χ1) is 30.3. The first-order valence-electron chi connectivity index (χ1n) is 20.7. The molecule has 0 amide bonds. The molecule has 0 aliphatic heterocycles. The second-order valence-corrected chi connectivity index (χ2v) is 16.6. The number of hydrogen-bond donors (Lipinski definition) is 0. The van der Waals surface area contributed by atoms with E-state index in [1.807, 2.05) is 23.6 Å². The minimum atomic E-state index is 0.920. The number of pyridine rings is 2. The van der Waals surface area contributed by atoms with E-state index >= 15 is 0 Å². The van der Waals surface area contributed by atoms with Crippen molar-refractivity contribution in [2.24, 2.45) is 0 Å². The van der Waals surface area contributed by atoms with E-state index in [1.165, 1.54) is 86.6 Å². The van der Waals surface area contributed by atoms with E-state index in [-0.39, 0.29) is 0 Å². The van der Waals surface area contributed by atoms with Gasteiger partial charge in [-0.3, -0.25) is 4.98 Å². The summed E-state index contributed by atoms with van der Waals surface area (Å²) in [5.41, 5.74) is 13.7. The lowest BCUT2D eigenvalue weighted by Crippen LogP contribution is -1.91. The molecule has 0 unspecified atom stereocenters. The molecule has 0 bridgehead atoms. The Labute approximate surface area is 357 Å². The van der Waals surface area contributed by atoms with E-state index in [4.69, 9.17) is 9.97 Å². The van der Waals surface area contributed by atoms with Crippen molar-refractivity contribution >= 4 is 65.5 Å². The van der Waals surface area contributed by atoms with Gasteiger partial charge in [0.1, 0.15) is 0 Å². The second-order valence-electron chi connectivity index (χ2n) is 15.6. The number of benzene rings is 9. The fourth-order valence-corrected chi connectivity index (χ4v) is 10.9. The van der Waals surface area contributed by atoms with Crippen molar-refractivity contribution in [1.29, 1.82) is 0 Å². The minimum Gasteiger partial charge on any atom is -0.254 e. The molecule has 0 aliphatic rings. The third-order valence-electron chi connectivity index (χ3n) is 12.1. The number of hydrogen-bond acceptors (Lipinski definition) is 3. The quantitative estimate of drug-likeness (QED) is 0.124. The molecular formula is C58H36N2S. The zero-order chi connectivity index (χ0) is 40.3. The van der Waals surface area contributed by atoms with Gasteiger partial charge in [-0.25, -0.2) is 4.98 Å². The van der Waals surface area contributed by atoms with Gasteiger partial charge < -0.3 is 0 Å². The van der Waals surface area contributed by atoms with Gasteiger partial charge in [-0.05, 0) is 66.7 Å². The van der Waals surface area contributed by atoms with Crippen molar-refractivity contribution in [3.8, 4) is 65.5 Å². The maximum absolute atomic E-state index is 5.32. The minimum absolute atomic E-state index is 0.920. The van der Waals surface area contributed by atoms with Gasteiger partial charge in [0.2, 0.25) is 0 Å². The van der Waals surface area contributed by atoms with Crippen LogP contribution in [0.3, 0.4) is 0 Å². The van der Waals surface area contributed by atoms with Crippen LogP contribution in [0.5, 0.6) is 0 Å². The third-order valence-corrected chi connectivity index (χ3v) is 13.4. The monoisotopic (exact) mass is 792 g/mol. The van der Waals surface area contributed by atoms with Crippen LogP contribution in [0, 0.1) is 0 Å². The van der Waals surface area contributed by atoms with Crippen molar-refractivity contribution in [2.75, 3.05) is 0 Å². The molecule has 3 heteroatoms. The Kier molecular flexibility index (Phi) is 8.39. The summed E-state index contributed by atoms with van der Waals surface area (Å²) < 4.78 is 0. The van der Waals surface area contributed by atoms with Crippen LogP contribution < -0.4 is 0 Å². The number of rotatable bonds is 6. The lowest BCUT2D eigenvalue weighted by molar-refractivity contribution is 1.37. The van der Waals surface area contributed by atoms with Crippen molar-refractivity contribution in [2.45, 2.75) is 0 Å². The molecular weight excluding hydrogens is 757 g/mol. The topological polar surface area (TPSA) is 25.8 Å². The molecule has 0 saturated heterocycles. The maximum atomic E-state index is 5.32. The van der Waals surface area contributed by atoms with Crippen LogP contribution in [0.4, 0.5) is 0 Å². The van der Waals surface area contributed by atoms with E-state index in [9.17, 15) is 0 Å². The van der Waals surface area contributed by atoms with Crippen LogP contribution in [0.2, 0.25) is 0 Å². The Balaban J connectivity index is 1.18. The molecule has 0 spiro atoms. The first-order valence-corrected chi connectivity index (χ1v) is 21.6. The molecule has 0 fully saturated rings. The van der Waals surface area contributed by atoms with E-state index in [0.717, 1.165) is 33.1 Å². The predicted molar refractivity (Wildman–Crippen MR) is 260 cm³/mol. The van der Waals surface area contributed by atoms with Crippen molar-refractivity contribution in [3.05, 3.63) is 219 Å². The summed E-state index contributed by atoms with van der Waals surface area (Å²) in [5.74, 6) is 0. The summed E-state index contributed by atoms with van der Waals surface area (Å²) in [6.07, 6.45) is 1.85. The van der Waals surface area contributed by atoms with E-state index < -0.39 is 0 Å². The highest BCUT2D eigenvalue weighted by atomic mass is 32.1. The summed E-state index contributed by atoms with van der Waals surface area (Å²) in [4.78, 5) is 12.6. The van der Waals surface area contributed by atoms with Crippen LogP contribution in [0.1, 0.15) is 0 Å². The van der Waals surface area contributed by atoms with Gasteiger partial charge in [-0.2, -0.15) is 0 Å². The average molecular weight is 793 g/mol. The van der Waals surface area contributed by atoms with Crippen molar-refractivity contribution < 1.29 is 0 Å². The maximum Gasteiger partial charge on any atom is 0.0972 e. The summed E-state index contributed by atoms with van der Waals surface area (Å²) in [5, 5.41) is 9.51. The molecule has 2 nitrogen and oxygen atoms in total. The molecule has 12 aromatic rings. The fraction of sp³-hybridized carbons (Fsp3) is 0. The van der Waals surface area contributed by atoms with Gasteiger partial charge in [-0.1, -0.05) is 200 Å². The van der Waals surface area contributed by atoms with E-state index in [0.29, 0.717) is 0 Å². The number of nitrogens with zero attached hydrogens (tertiary/aromatic N) is 2. The smallest absolute Gasteiger partial charge is 0.0972 e. The molecule has 3 heterocycles. The predicted octanol–water partition coefficient (Wildman–Crippen LogP) is 16.3. The second kappa shape index (κ2) is 14.5. The number of thiophene rings is 1. The van der Waals surface area contributed by atoms with Crippen molar-refractivity contribution in [1.82, 2.24) is 9.97 Å². The van der Waals surface area contributed by atoms with Crippen LogP contribution >= 0.6 is 11.3 Å². The van der Waals surface area contributed by atoms with Gasteiger partial charge >= 0.3 is 0 Å². The Bertz CT molecular complexity index is 3570. The largest absolute Gasteiger partial charge is 0.254 e. The van der Waals surface area contributed by atoms with Crippen LogP contribution in [0.25, 0.3) is 120 Å². The molecule has 9 aromatic carbocycles. The fourth-order valence-electron chi connectivity index (χ4n) is 9.44. The molecule has 0 radical (unpaired) electrons. The van der Waals surface area contributed by atoms with E-state index in [2.05, 4.69) is 206 Å². The normalized spacial score (nSPS) is 11.6. The summed E-state index contributed by atoms with van der Waals surface area (Å²) in [7, 11) is 0. The highest BCUT2D eigenvalue weighted by molar-refractivity contribution is 7.20. The summed E-state index contributed by atoms with van der Waals surface area (Å²) >= 11 is 1.91. The van der Waals surface area contributed by atoms with Gasteiger partial charge in [0.25, 0.3) is 0 Å². The molecule has 0 atom stereocenters. The van der Waals surface area contributed by atoms with Gasteiger partial charge in [0, 0.05) is 54.5 Å². The lowest BCUT2D eigenvalue weighted by atomic mass is 9.85. The Hall–Kier alpha value is -7.72. The highest BCUT2D eigenvalue weighted by Gasteiger charge is 2.27. The Morgan fingerprint density at radius 3 is 1.33 bits per heavy atom. The lowest BCUT2D eigenvalue weighted by Gasteiger charge is -2.18. The van der Waals surface area contributed by atoms with Gasteiger partial charge in [-0.15, -0.1) is 11.3 Å². The molecule has 3 aromatic heterocycles. The molecule has 0 saturated carbocycles. The molecule has 61 heavy (non-hydrogen) atoms. The van der Waals surface area contributed by atoms with Crippen LogP contribution in [0.15, 0.2) is 219 Å². The summed E-state index contributed by atoms with van der Waals surface area (Å²) in [6, 6.07) is 76.9. The highest BCUT2D eigenvalue weighted by Crippen LogP contribution is 2.56. The standard InChI is InChI=1S/C58H36N2S/c1-4-17-37(18-5-1)51-45-26-12-14-28-47(45)54(48-29-15-13-27-46(48)51)58-53(39-21-8-3-9-22-39)52(38-19-6-2-7-20-38)57(61-58)49-34-33-44(42-24-10-11-25-43(42)49)50-35-32-41-31-30-40-23-16-36-59-55(40)56(41)60-50/h1-36H. The van der Waals surface area contributed by atoms with E-state index in [1.54, 1.807) is 0 Å². The van der Waals surface area contributed by atoms with Gasteiger partial charge in [0.15, 0.2) is 0 Å². The summed E-state index contributed by atoms with van der Waals surface area (Å²) in [6.45, 7) is 0. The van der Waals surface area contributed by atoms with Crippen LogP contribution in [-0.4, -0.2) is 9.97 Å². The molecule has 284 valence electrons. The Morgan fingerprint density at radius 2 is 0.738 bits per heavy atom. The zero-order valence-electron chi connectivity index (χ0n) is 33.1. The van der Waals surface area contributed by atoms with Gasteiger partial charge in [0.05, 0.1) is 16.7 Å². The molecule has 12 rings (SSSR count). The number of aromatic nitrogens is 2. The van der Waals surface area contributed by atoms with Crippen molar-refractivity contribution in [3.63, 3.8) is 0 Å². The molecule has 0 aliphatic carbocycles. The zero-order valence-corrected chi connectivity index (χ0v) is 33.9. The van der Waals surface area contributed by atoms with Crippen LogP contribution in [-0.2, 0) is 0 Å². The number of fused-ring (bicyclic) bond motifs is 6. The average Bonchev–Trinajstić information content (AvgIpc) is 3.73.